The van der Waals surface area contributed by atoms with Crippen molar-refractivity contribution >= 4 is 41.4 Å². The molecule has 0 aliphatic carbocycles. The Hall–Kier alpha value is -3.13. The lowest BCUT2D eigenvalue weighted by atomic mass is 10.0. The zero-order valence-corrected chi connectivity index (χ0v) is 21.5. The number of hydrogen-bond donors (Lipinski definition) is 7. The zero-order chi connectivity index (χ0) is 27.3. The number of thioether (sulfide) groups is 1. The highest BCUT2D eigenvalue weighted by Gasteiger charge is 2.31. The van der Waals surface area contributed by atoms with Gasteiger partial charge in [0.2, 0.25) is 17.7 Å². The van der Waals surface area contributed by atoms with Gasteiger partial charge in [-0.05, 0) is 37.2 Å². The van der Waals surface area contributed by atoms with Crippen LogP contribution in [0.2, 0.25) is 0 Å². The molecule has 13 nitrogen and oxygen atoms in total. The molecule has 36 heavy (non-hydrogen) atoms. The molecule has 0 aliphatic rings. The van der Waals surface area contributed by atoms with Crippen LogP contribution in [0, 0.1) is 5.92 Å². The van der Waals surface area contributed by atoms with Gasteiger partial charge in [-0.2, -0.15) is 11.8 Å². The molecule has 0 aromatic carbocycles. The maximum atomic E-state index is 13.0. The van der Waals surface area contributed by atoms with Crippen molar-refractivity contribution in [1.29, 1.82) is 0 Å². The monoisotopic (exact) mass is 528 g/mol. The topological polar surface area (TPSA) is 217 Å². The number of carboxylic acid groups (broad SMARTS) is 2. The molecule has 1 aromatic heterocycles. The molecule has 202 valence electrons. The number of aliphatic carboxylic acids is 2. The van der Waals surface area contributed by atoms with E-state index in [2.05, 4.69) is 25.9 Å². The number of carboxylic acids is 2. The van der Waals surface area contributed by atoms with Crippen LogP contribution in [0.5, 0.6) is 0 Å². The van der Waals surface area contributed by atoms with Gasteiger partial charge in [0.15, 0.2) is 0 Å². The second-order valence-corrected chi connectivity index (χ2v) is 9.74. The van der Waals surface area contributed by atoms with Crippen LogP contribution < -0.4 is 21.7 Å². The Morgan fingerprint density at radius 3 is 2.14 bits per heavy atom. The van der Waals surface area contributed by atoms with Crippen LogP contribution >= 0.6 is 11.8 Å². The molecule has 8 N–H and O–H groups in total. The number of carbonyl (C=O) groups is 5. The smallest absolute Gasteiger partial charge is 0.326 e. The van der Waals surface area contributed by atoms with Gasteiger partial charge >= 0.3 is 11.9 Å². The number of carbonyl (C=O) groups excluding carboxylic acids is 3. The van der Waals surface area contributed by atoms with E-state index in [1.165, 1.54) is 24.3 Å². The van der Waals surface area contributed by atoms with E-state index in [0.717, 1.165) is 0 Å². The Morgan fingerprint density at radius 2 is 1.61 bits per heavy atom. The first-order valence-corrected chi connectivity index (χ1v) is 12.9. The Kier molecular flexibility index (Phi) is 13.5. The van der Waals surface area contributed by atoms with Gasteiger partial charge in [-0.3, -0.25) is 19.2 Å². The fraction of sp³-hybridized carbons (Fsp3) is 0.636. The molecule has 0 spiro atoms. The van der Waals surface area contributed by atoms with E-state index in [1.807, 2.05) is 20.1 Å². The van der Waals surface area contributed by atoms with E-state index in [-0.39, 0.29) is 25.2 Å². The molecule has 4 unspecified atom stereocenters. The summed E-state index contributed by atoms with van der Waals surface area (Å²) in [5.41, 5.74) is 6.36. The number of imidazole rings is 1. The minimum Gasteiger partial charge on any atom is -0.481 e. The quantitative estimate of drug-likeness (QED) is 0.137. The van der Waals surface area contributed by atoms with Crippen LogP contribution in [0.25, 0.3) is 0 Å². The van der Waals surface area contributed by atoms with Gasteiger partial charge in [0.05, 0.1) is 12.4 Å². The Morgan fingerprint density at radius 1 is 1.00 bits per heavy atom. The molecule has 0 aliphatic heterocycles. The molecule has 1 rings (SSSR count). The molecule has 0 saturated carbocycles. The predicted molar refractivity (Wildman–Crippen MR) is 133 cm³/mol. The number of H-pyrrole nitrogens is 1. The molecule has 0 radical (unpaired) electrons. The summed E-state index contributed by atoms with van der Waals surface area (Å²) in [5, 5.41) is 26.0. The number of aromatic amines is 1. The van der Waals surface area contributed by atoms with Crippen LogP contribution in [0.15, 0.2) is 12.5 Å². The predicted octanol–water partition coefficient (Wildman–Crippen LogP) is -0.517. The van der Waals surface area contributed by atoms with Crippen LogP contribution in [-0.4, -0.2) is 86.0 Å². The number of hydrogen-bond acceptors (Lipinski definition) is 8. The van der Waals surface area contributed by atoms with Crippen molar-refractivity contribution < 1.29 is 34.2 Å². The molecular weight excluding hydrogens is 492 g/mol. The number of nitrogens with two attached hydrogens (primary N) is 1. The summed E-state index contributed by atoms with van der Waals surface area (Å²) in [6.45, 7) is 3.64. The molecule has 0 bridgehead atoms. The molecule has 14 heteroatoms. The van der Waals surface area contributed by atoms with Crippen molar-refractivity contribution in [3.8, 4) is 0 Å². The number of amides is 3. The first kappa shape index (κ1) is 30.9. The highest BCUT2D eigenvalue weighted by molar-refractivity contribution is 7.98. The third kappa shape index (κ3) is 11.5. The van der Waals surface area contributed by atoms with E-state index in [9.17, 15) is 29.1 Å². The van der Waals surface area contributed by atoms with Gasteiger partial charge in [-0.15, -0.1) is 0 Å². The standard InChI is InChI=1S/C22H36N6O7S/c1-12(2)8-16(21(33)28-17(22(34)35)9-13-10-24-11-25-13)27-20(32)15(4-5-18(29)30)26-19(31)14(23)6-7-36-3/h10-12,14-17H,4-9,23H2,1-3H3,(H,24,25)(H,26,31)(H,27,32)(H,28,33)(H,29,30)(H,34,35). The molecule has 1 heterocycles. The molecule has 3 amide bonds. The summed E-state index contributed by atoms with van der Waals surface area (Å²) in [4.78, 5) is 67.8. The van der Waals surface area contributed by atoms with E-state index in [0.29, 0.717) is 17.9 Å². The van der Waals surface area contributed by atoms with Crippen molar-refractivity contribution in [3.63, 3.8) is 0 Å². The number of aromatic nitrogens is 2. The van der Waals surface area contributed by atoms with E-state index < -0.39 is 60.2 Å². The van der Waals surface area contributed by atoms with Crippen molar-refractivity contribution in [2.24, 2.45) is 11.7 Å². The summed E-state index contributed by atoms with van der Waals surface area (Å²) >= 11 is 1.50. The van der Waals surface area contributed by atoms with Crippen LogP contribution in [0.3, 0.4) is 0 Å². The lowest BCUT2D eigenvalue weighted by molar-refractivity contribution is -0.142. The fourth-order valence-corrected chi connectivity index (χ4v) is 3.74. The molecule has 4 atom stereocenters. The summed E-state index contributed by atoms with van der Waals surface area (Å²) in [7, 11) is 0. The van der Waals surface area contributed by atoms with Crippen molar-refractivity contribution in [1.82, 2.24) is 25.9 Å². The average molecular weight is 529 g/mol. The highest BCUT2D eigenvalue weighted by atomic mass is 32.2. The lowest BCUT2D eigenvalue weighted by Gasteiger charge is -2.26. The Labute approximate surface area is 213 Å². The van der Waals surface area contributed by atoms with Gasteiger partial charge < -0.3 is 36.9 Å². The normalized spacial score (nSPS) is 14.4. The molecule has 1 aromatic rings. The van der Waals surface area contributed by atoms with Crippen LogP contribution in [0.1, 0.15) is 45.2 Å². The van der Waals surface area contributed by atoms with Crippen molar-refractivity contribution in [2.45, 2.75) is 70.1 Å². The Bertz CT molecular complexity index is 880. The van der Waals surface area contributed by atoms with Gasteiger partial charge in [0.25, 0.3) is 0 Å². The van der Waals surface area contributed by atoms with Gasteiger partial charge in [0.1, 0.15) is 18.1 Å². The number of rotatable bonds is 17. The zero-order valence-electron chi connectivity index (χ0n) is 20.7. The van der Waals surface area contributed by atoms with E-state index in [4.69, 9.17) is 10.8 Å². The second kappa shape index (κ2) is 15.8. The first-order valence-electron chi connectivity index (χ1n) is 11.5. The number of nitrogens with one attached hydrogen (secondary N) is 4. The summed E-state index contributed by atoms with van der Waals surface area (Å²) in [6.07, 6.45) is 4.57. The van der Waals surface area contributed by atoms with E-state index in [1.54, 1.807) is 0 Å². The Balaban J connectivity index is 2.98. The molecule has 0 saturated heterocycles. The first-order chi connectivity index (χ1) is 16.9. The largest absolute Gasteiger partial charge is 0.481 e. The second-order valence-electron chi connectivity index (χ2n) is 8.75. The number of nitrogens with zero attached hydrogens (tertiary/aromatic N) is 1. The maximum absolute atomic E-state index is 13.0. The van der Waals surface area contributed by atoms with Gasteiger partial charge in [-0.25, -0.2) is 9.78 Å². The minimum absolute atomic E-state index is 0.0470. The van der Waals surface area contributed by atoms with Gasteiger partial charge in [0, 0.05) is 24.7 Å². The van der Waals surface area contributed by atoms with Crippen LogP contribution in [-0.2, 0) is 30.4 Å². The highest BCUT2D eigenvalue weighted by Crippen LogP contribution is 2.09. The minimum atomic E-state index is -1.28. The van der Waals surface area contributed by atoms with Crippen LogP contribution in [0.4, 0.5) is 0 Å². The molecular formula is C22H36N6O7S. The fourth-order valence-electron chi connectivity index (χ4n) is 3.26. The third-order valence-electron chi connectivity index (χ3n) is 5.18. The average Bonchev–Trinajstić information content (AvgIpc) is 3.31. The SMILES string of the molecule is CSCCC(N)C(=O)NC(CCC(=O)O)C(=O)NC(CC(C)C)C(=O)NC(Cc1cnc[nH]1)C(=O)O. The van der Waals surface area contributed by atoms with Crippen molar-refractivity contribution in [2.75, 3.05) is 12.0 Å². The summed E-state index contributed by atoms with van der Waals surface area (Å²) < 4.78 is 0. The van der Waals surface area contributed by atoms with Crippen molar-refractivity contribution in [3.05, 3.63) is 18.2 Å². The third-order valence-corrected chi connectivity index (χ3v) is 5.83. The lowest BCUT2D eigenvalue weighted by Crippen LogP contribution is -2.57. The summed E-state index contributed by atoms with van der Waals surface area (Å²) in [6, 6.07) is -4.51. The maximum Gasteiger partial charge on any atom is 0.326 e. The van der Waals surface area contributed by atoms with E-state index >= 15 is 0 Å². The molecule has 0 fully saturated rings. The van der Waals surface area contributed by atoms with Gasteiger partial charge in [-0.1, -0.05) is 13.8 Å². The summed E-state index contributed by atoms with van der Waals surface area (Å²) in [5.74, 6) is -3.94.